The van der Waals surface area contributed by atoms with E-state index in [1.165, 1.54) is 18.4 Å². The summed E-state index contributed by atoms with van der Waals surface area (Å²) in [5.41, 5.74) is -0.813. The summed E-state index contributed by atoms with van der Waals surface area (Å²) in [4.78, 5) is 24.2. The van der Waals surface area contributed by atoms with Crippen molar-refractivity contribution in [1.29, 1.82) is 0 Å². The first-order chi connectivity index (χ1) is 9.98. The highest BCUT2D eigenvalue weighted by Gasteiger charge is 2.39. The fraction of sp³-hybridized carbons (Fsp3) is 0.571. The molecule has 1 amide bonds. The van der Waals surface area contributed by atoms with Gasteiger partial charge in [-0.25, -0.2) is 0 Å². The molecule has 2 rings (SSSR count). The largest absolute Gasteiger partial charge is 0.495 e. The quantitative estimate of drug-likeness (QED) is 0.827. The summed E-state index contributed by atoms with van der Waals surface area (Å²) in [6, 6.07) is 1.65. The standard InChI is InChI=1S/C14H18BrNO4S/c1-20-9-7-10(21-11(9)15)12(17)16-8-14(13(18)19)5-3-2-4-6-14/h7H,2-6,8H2,1H3,(H,16,17)(H,18,19). The molecule has 0 aliphatic heterocycles. The molecule has 1 saturated carbocycles. The lowest BCUT2D eigenvalue weighted by atomic mass is 9.74. The van der Waals surface area contributed by atoms with Crippen LogP contribution >= 0.6 is 27.3 Å². The molecule has 0 aromatic carbocycles. The third-order valence-corrected chi connectivity index (χ3v) is 5.73. The smallest absolute Gasteiger partial charge is 0.311 e. The van der Waals surface area contributed by atoms with Gasteiger partial charge in [0, 0.05) is 12.6 Å². The fourth-order valence-corrected chi connectivity index (χ4v) is 4.20. The summed E-state index contributed by atoms with van der Waals surface area (Å²) in [5.74, 6) is -0.460. The van der Waals surface area contributed by atoms with Gasteiger partial charge in [-0.2, -0.15) is 0 Å². The SMILES string of the molecule is COc1cc(C(=O)NCC2(C(=O)O)CCCCC2)sc1Br. The maximum atomic E-state index is 12.2. The number of carboxylic acid groups (broad SMARTS) is 1. The van der Waals surface area contributed by atoms with Crippen molar-refractivity contribution in [3.05, 3.63) is 14.7 Å². The molecule has 5 nitrogen and oxygen atoms in total. The number of rotatable bonds is 5. The number of methoxy groups -OCH3 is 1. The minimum absolute atomic E-state index is 0.180. The predicted octanol–water partition coefficient (Wildman–Crippen LogP) is 3.28. The van der Waals surface area contributed by atoms with E-state index >= 15 is 0 Å². The molecule has 0 saturated heterocycles. The highest BCUT2D eigenvalue weighted by Crippen LogP contribution is 2.37. The van der Waals surface area contributed by atoms with E-state index in [2.05, 4.69) is 21.2 Å². The number of ether oxygens (including phenoxy) is 1. The topological polar surface area (TPSA) is 75.6 Å². The van der Waals surface area contributed by atoms with Crippen LogP contribution in [0.1, 0.15) is 41.8 Å². The van der Waals surface area contributed by atoms with Crippen molar-refractivity contribution >= 4 is 39.1 Å². The minimum Gasteiger partial charge on any atom is -0.495 e. The molecule has 7 heteroatoms. The van der Waals surface area contributed by atoms with Crippen LogP contribution in [0.4, 0.5) is 0 Å². The van der Waals surface area contributed by atoms with Crippen LogP contribution in [0.5, 0.6) is 5.75 Å². The fourth-order valence-electron chi connectivity index (χ4n) is 2.63. The number of nitrogens with one attached hydrogen (secondary N) is 1. The minimum atomic E-state index is -0.813. The summed E-state index contributed by atoms with van der Waals surface area (Å²) in [6.45, 7) is 0.180. The van der Waals surface area contributed by atoms with Crippen LogP contribution < -0.4 is 10.1 Å². The molecule has 1 aliphatic rings. The molecule has 1 heterocycles. The molecule has 0 radical (unpaired) electrons. The third kappa shape index (κ3) is 3.58. The lowest BCUT2D eigenvalue weighted by molar-refractivity contribution is -0.150. The molecule has 1 aliphatic carbocycles. The van der Waals surface area contributed by atoms with Crippen molar-refractivity contribution in [3.8, 4) is 5.75 Å². The van der Waals surface area contributed by atoms with Gasteiger partial charge in [-0.3, -0.25) is 9.59 Å². The number of hydrogen-bond donors (Lipinski definition) is 2. The van der Waals surface area contributed by atoms with Crippen LogP contribution in [-0.2, 0) is 4.79 Å². The number of hydrogen-bond acceptors (Lipinski definition) is 4. The van der Waals surface area contributed by atoms with E-state index in [9.17, 15) is 14.7 Å². The first-order valence-corrected chi connectivity index (χ1v) is 8.44. The van der Waals surface area contributed by atoms with Crippen LogP contribution in [0.2, 0.25) is 0 Å². The molecular weight excluding hydrogens is 358 g/mol. The van der Waals surface area contributed by atoms with Crippen molar-refractivity contribution in [2.24, 2.45) is 5.41 Å². The zero-order chi connectivity index (χ0) is 15.5. The summed E-state index contributed by atoms with van der Waals surface area (Å²) < 4.78 is 5.87. The second-order valence-corrected chi connectivity index (χ2v) is 7.65. The average Bonchev–Trinajstić information content (AvgIpc) is 2.86. The van der Waals surface area contributed by atoms with Gasteiger partial charge in [-0.1, -0.05) is 19.3 Å². The Morgan fingerprint density at radius 3 is 2.62 bits per heavy atom. The van der Waals surface area contributed by atoms with Crippen LogP contribution in [0, 0.1) is 5.41 Å². The Bertz CT molecular complexity index is 537. The number of halogens is 1. The molecule has 116 valence electrons. The first kappa shape index (κ1) is 16.3. The van der Waals surface area contributed by atoms with Gasteiger partial charge in [-0.15, -0.1) is 11.3 Å². The molecule has 1 aromatic rings. The van der Waals surface area contributed by atoms with E-state index < -0.39 is 11.4 Å². The van der Waals surface area contributed by atoms with E-state index in [4.69, 9.17) is 4.74 Å². The second-order valence-electron chi connectivity index (χ2n) is 5.28. The Hall–Kier alpha value is -1.08. The monoisotopic (exact) mass is 375 g/mol. The maximum Gasteiger partial charge on any atom is 0.311 e. The Kier molecular flexibility index (Phi) is 5.27. The van der Waals surface area contributed by atoms with Crippen LogP contribution in [0.25, 0.3) is 0 Å². The molecule has 1 fully saturated rings. The van der Waals surface area contributed by atoms with E-state index in [0.717, 1.165) is 23.0 Å². The molecule has 1 aromatic heterocycles. The van der Waals surface area contributed by atoms with Gasteiger partial charge in [0.05, 0.1) is 17.4 Å². The molecule has 2 N–H and O–H groups in total. The van der Waals surface area contributed by atoms with E-state index in [1.807, 2.05) is 0 Å². The number of carbonyl (C=O) groups is 2. The highest BCUT2D eigenvalue weighted by atomic mass is 79.9. The maximum absolute atomic E-state index is 12.2. The van der Waals surface area contributed by atoms with E-state index in [0.29, 0.717) is 23.5 Å². The van der Waals surface area contributed by atoms with Gasteiger partial charge < -0.3 is 15.2 Å². The zero-order valence-corrected chi connectivity index (χ0v) is 14.2. The Labute approximate surface area is 135 Å². The average molecular weight is 376 g/mol. The third-order valence-electron chi connectivity index (χ3n) is 3.95. The van der Waals surface area contributed by atoms with Crippen LogP contribution in [-0.4, -0.2) is 30.6 Å². The van der Waals surface area contributed by atoms with Crippen molar-refractivity contribution in [3.63, 3.8) is 0 Å². The lowest BCUT2D eigenvalue weighted by Crippen LogP contribution is -2.44. The molecule has 0 bridgehead atoms. The Balaban J connectivity index is 2.03. The molecule has 21 heavy (non-hydrogen) atoms. The Morgan fingerprint density at radius 2 is 2.10 bits per heavy atom. The van der Waals surface area contributed by atoms with Crippen molar-refractivity contribution in [2.75, 3.05) is 13.7 Å². The number of carbonyl (C=O) groups excluding carboxylic acids is 1. The van der Waals surface area contributed by atoms with Crippen molar-refractivity contribution in [1.82, 2.24) is 5.32 Å². The van der Waals surface area contributed by atoms with Crippen LogP contribution in [0.15, 0.2) is 9.85 Å². The second kappa shape index (κ2) is 6.79. The Morgan fingerprint density at radius 1 is 1.43 bits per heavy atom. The summed E-state index contributed by atoms with van der Waals surface area (Å²) >= 11 is 4.60. The highest BCUT2D eigenvalue weighted by molar-refractivity contribution is 9.11. The van der Waals surface area contributed by atoms with Gasteiger partial charge in [0.2, 0.25) is 0 Å². The van der Waals surface area contributed by atoms with E-state index in [1.54, 1.807) is 6.07 Å². The molecule has 0 atom stereocenters. The van der Waals surface area contributed by atoms with Crippen molar-refractivity contribution in [2.45, 2.75) is 32.1 Å². The summed E-state index contributed by atoms with van der Waals surface area (Å²) in [5, 5.41) is 12.3. The van der Waals surface area contributed by atoms with Crippen molar-refractivity contribution < 1.29 is 19.4 Å². The normalized spacial score (nSPS) is 17.2. The van der Waals surface area contributed by atoms with Gasteiger partial charge in [0.25, 0.3) is 5.91 Å². The first-order valence-electron chi connectivity index (χ1n) is 6.83. The van der Waals surface area contributed by atoms with Gasteiger partial charge in [-0.05, 0) is 28.8 Å². The summed E-state index contributed by atoms with van der Waals surface area (Å²) in [7, 11) is 1.54. The predicted molar refractivity (Wildman–Crippen MR) is 84.1 cm³/mol. The molecular formula is C14H18BrNO4S. The van der Waals surface area contributed by atoms with E-state index in [-0.39, 0.29) is 12.5 Å². The molecule has 0 unspecified atom stereocenters. The molecule has 0 spiro atoms. The number of thiophene rings is 1. The zero-order valence-electron chi connectivity index (χ0n) is 11.8. The number of carboxylic acids is 1. The lowest BCUT2D eigenvalue weighted by Gasteiger charge is -2.33. The van der Waals surface area contributed by atoms with Gasteiger partial charge in [0.1, 0.15) is 9.54 Å². The van der Waals surface area contributed by atoms with Gasteiger partial charge >= 0.3 is 5.97 Å². The number of amides is 1. The number of aliphatic carboxylic acids is 1. The van der Waals surface area contributed by atoms with Crippen LogP contribution in [0.3, 0.4) is 0 Å². The summed E-state index contributed by atoms with van der Waals surface area (Å²) in [6.07, 6.45) is 4.12. The van der Waals surface area contributed by atoms with Gasteiger partial charge in [0.15, 0.2) is 0 Å².